The van der Waals surface area contributed by atoms with Gasteiger partial charge in [-0.1, -0.05) is 11.6 Å². The van der Waals surface area contributed by atoms with Gasteiger partial charge in [-0.25, -0.2) is 19.9 Å². The van der Waals surface area contributed by atoms with Crippen molar-refractivity contribution in [2.24, 2.45) is 5.92 Å². The topological polar surface area (TPSA) is 80.7 Å². The van der Waals surface area contributed by atoms with Crippen molar-refractivity contribution in [1.29, 1.82) is 0 Å². The van der Waals surface area contributed by atoms with E-state index in [1.54, 1.807) is 12.3 Å². The van der Waals surface area contributed by atoms with E-state index in [-0.39, 0.29) is 23.7 Å². The summed E-state index contributed by atoms with van der Waals surface area (Å²) < 4.78 is 0. The summed E-state index contributed by atoms with van der Waals surface area (Å²) in [6, 6.07) is 3.39. The zero-order chi connectivity index (χ0) is 14.1. The highest BCUT2D eigenvalue weighted by atomic mass is 35.5. The average Bonchev–Trinajstić information content (AvgIpc) is 3.19. The summed E-state index contributed by atoms with van der Waals surface area (Å²) in [7, 11) is 0. The maximum Gasteiger partial charge on any atom is 0.230 e. The molecule has 102 valence electrons. The minimum absolute atomic E-state index is 0.0779. The fraction of sp³-hybridized carbons (Fsp3) is 0.308. The van der Waals surface area contributed by atoms with E-state index in [0.29, 0.717) is 5.15 Å². The molecule has 1 N–H and O–H groups in total. The highest BCUT2D eigenvalue weighted by Crippen LogP contribution is 2.46. The number of hydrogen-bond acceptors (Lipinski definition) is 5. The van der Waals surface area contributed by atoms with Gasteiger partial charge in [0.25, 0.3) is 0 Å². The SMILES string of the molecule is Cc1ccnc([C@H]2C[C@@H]2C(=O)Nc2nccc(Cl)n2)n1. The zero-order valence-corrected chi connectivity index (χ0v) is 11.5. The first-order valence-corrected chi connectivity index (χ1v) is 6.60. The molecule has 0 bridgehead atoms. The molecule has 2 heterocycles. The quantitative estimate of drug-likeness (QED) is 0.874. The van der Waals surface area contributed by atoms with Crippen LogP contribution in [0.1, 0.15) is 23.9 Å². The molecule has 2 atom stereocenters. The zero-order valence-electron chi connectivity index (χ0n) is 10.7. The van der Waals surface area contributed by atoms with Gasteiger partial charge in [0.2, 0.25) is 11.9 Å². The summed E-state index contributed by atoms with van der Waals surface area (Å²) in [5.74, 6) is 0.770. The van der Waals surface area contributed by atoms with Crippen molar-refractivity contribution in [3.05, 3.63) is 41.2 Å². The summed E-state index contributed by atoms with van der Waals surface area (Å²) in [6.07, 6.45) is 3.96. The van der Waals surface area contributed by atoms with E-state index >= 15 is 0 Å². The average molecular weight is 290 g/mol. The van der Waals surface area contributed by atoms with Crippen molar-refractivity contribution in [3.63, 3.8) is 0 Å². The fourth-order valence-electron chi connectivity index (χ4n) is 2.02. The Bertz CT molecular complexity index is 663. The molecule has 7 heteroatoms. The van der Waals surface area contributed by atoms with E-state index in [1.807, 2.05) is 13.0 Å². The number of nitrogens with one attached hydrogen (secondary N) is 1. The molecule has 1 aliphatic rings. The van der Waals surface area contributed by atoms with Crippen LogP contribution >= 0.6 is 11.6 Å². The Morgan fingerprint density at radius 1 is 1.30 bits per heavy atom. The summed E-state index contributed by atoms with van der Waals surface area (Å²) in [6.45, 7) is 1.91. The molecular weight excluding hydrogens is 278 g/mol. The Morgan fingerprint density at radius 3 is 2.85 bits per heavy atom. The molecule has 1 fully saturated rings. The van der Waals surface area contributed by atoms with Crippen LogP contribution in [-0.2, 0) is 4.79 Å². The van der Waals surface area contributed by atoms with Gasteiger partial charge in [-0.15, -0.1) is 0 Å². The second-order valence-corrected chi connectivity index (χ2v) is 5.08. The van der Waals surface area contributed by atoms with Crippen molar-refractivity contribution in [2.45, 2.75) is 19.3 Å². The number of rotatable bonds is 3. The number of halogens is 1. The highest BCUT2D eigenvalue weighted by Gasteiger charge is 2.46. The molecule has 0 unspecified atom stereocenters. The predicted octanol–water partition coefficient (Wildman–Crippen LogP) is 1.97. The predicted molar refractivity (Wildman–Crippen MR) is 73.3 cm³/mol. The number of aromatic nitrogens is 4. The van der Waals surface area contributed by atoms with E-state index in [1.165, 1.54) is 6.20 Å². The van der Waals surface area contributed by atoms with Gasteiger partial charge in [0.15, 0.2) is 0 Å². The number of carbonyl (C=O) groups excluding carboxylic acids is 1. The highest BCUT2D eigenvalue weighted by molar-refractivity contribution is 6.29. The number of nitrogens with zero attached hydrogens (tertiary/aromatic N) is 4. The molecule has 0 saturated heterocycles. The normalized spacial score (nSPS) is 20.5. The second kappa shape index (κ2) is 5.13. The molecule has 1 saturated carbocycles. The fourth-order valence-corrected chi connectivity index (χ4v) is 2.15. The Hall–Kier alpha value is -2.08. The van der Waals surface area contributed by atoms with Crippen LogP contribution in [0.4, 0.5) is 5.95 Å². The monoisotopic (exact) mass is 289 g/mol. The third kappa shape index (κ3) is 2.75. The van der Waals surface area contributed by atoms with Gasteiger partial charge in [-0.05, 0) is 25.5 Å². The van der Waals surface area contributed by atoms with E-state index in [9.17, 15) is 4.79 Å². The molecule has 1 aliphatic carbocycles. The molecule has 2 aromatic heterocycles. The molecule has 3 rings (SSSR count). The molecule has 1 amide bonds. The lowest BCUT2D eigenvalue weighted by Crippen LogP contribution is -2.16. The van der Waals surface area contributed by atoms with Crippen LogP contribution in [0.3, 0.4) is 0 Å². The van der Waals surface area contributed by atoms with Crippen LogP contribution in [0.5, 0.6) is 0 Å². The molecule has 0 radical (unpaired) electrons. The smallest absolute Gasteiger partial charge is 0.230 e. The lowest BCUT2D eigenvalue weighted by atomic mass is 10.2. The van der Waals surface area contributed by atoms with E-state index in [2.05, 4.69) is 25.3 Å². The van der Waals surface area contributed by atoms with Crippen LogP contribution in [0.2, 0.25) is 5.15 Å². The standard InChI is InChI=1S/C13H12ClN5O/c1-7-2-4-15-11(17-7)8-6-9(8)12(20)19-13-16-5-3-10(14)18-13/h2-5,8-9H,6H2,1H3,(H,16,18,19,20)/t8-,9-/m0/s1. The van der Waals surface area contributed by atoms with Gasteiger partial charge >= 0.3 is 0 Å². The van der Waals surface area contributed by atoms with Crippen LogP contribution in [0.15, 0.2) is 24.5 Å². The third-order valence-corrected chi connectivity index (χ3v) is 3.34. The lowest BCUT2D eigenvalue weighted by Gasteiger charge is -2.03. The van der Waals surface area contributed by atoms with Crippen LogP contribution in [0.25, 0.3) is 0 Å². The number of amides is 1. The first-order chi connectivity index (χ1) is 9.63. The molecule has 6 nitrogen and oxygen atoms in total. The number of aryl methyl sites for hydroxylation is 1. The Labute approximate surface area is 120 Å². The van der Waals surface area contributed by atoms with Gasteiger partial charge < -0.3 is 0 Å². The molecule has 0 aliphatic heterocycles. The van der Waals surface area contributed by atoms with Gasteiger partial charge in [0.05, 0.1) is 0 Å². The molecule has 0 aromatic carbocycles. The summed E-state index contributed by atoms with van der Waals surface area (Å²) >= 11 is 5.74. The second-order valence-electron chi connectivity index (χ2n) is 4.70. The van der Waals surface area contributed by atoms with E-state index in [4.69, 9.17) is 11.6 Å². The van der Waals surface area contributed by atoms with Gasteiger partial charge in [-0.2, -0.15) is 0 Å². The summed E-state index contributed by atoms with van der Waals surface area (Å²) in [5, 5.41) is 2.95. The lowest BCUT2D eigenvalue weighted by molar-refractivity contribution is -0.117. The maximum absolute atomic E-state index is 12.1. The number of carbonyl (C=O) groups is 1. The van der Waals surface area contributed by atoms with E-state index in [0.717, 1.165) is 17.9 Å². The molecule has 2 aromatic rings. The number of hydrogen-bond donors (Lipinski definition) is 1. The van der Waals surface area contributed by atoms with Crippen LogP contribution < -0.4 is 5.32 Å². The first-order valence-electron chi connectivity index (χ1n) is 6.22. The Kier molecular flexibility index (Phi) is 3.31. The maximum atomic E-state index is 12.1. The van der Waals surface area contributed by atoms with Crippen molar-refractivity contribution < 1.29 is 4.79 Å². The first kappa shape index (κ1) is 12.9. The van der Waals surface area contributed by atoms with E-state index < -0.39 is 0 Å². The van der Waals surface area contributed by atoms with Crippen LogP contribution in [0, 0.1) is 12.8 Å². The minimum atomic E-state index is -0.126. The Morgan fingerprint density at radius 2 is 2.10 bits per heavy atom. The summed E-state index contributed by atoms with van der Waals surface area (Å²) in [5.41, 5.74) is 0.902. The van der Waals surface area contributed by atoms with Crippen molar-refractivity contribution in [1.82, 2.24) is 19.9 Å². The van der Waals surface area contributed by atoms with Gasteiger partial charge in [-0.3, -0.25) is 10.1 Å². The number of anilines is 1. The van der Waals surface area contributed by atoms with Crippen molar-refractivity contribution in [2.75, 3.05) is 5.32 Å². The molecular formula is C13H12ClN5O. The van der Waals surface area contributed by atoms with Crippen LogP contribution in [-0.4, -0.2) is 25.8 Å². The molecule has 0 spiro atoms. The molecule has 20 heavy (non-hydrogen) atoms. The van der Waals surface area contributed by atoms with Gasteiger partial charge in [0.1, 0.15) is 11.0 Å². The van der Waals surface area contributed by atoms with Gasteiger partial charge in [0, 0.05) is 29.9 Å². The largest absolute Gasteiger partial charge is 0.294 e. The Balaban J connectivity index is 1.66. The minimum Gasteiger partial charge on any atom is -0.294 e. The summed E-state index contributed by atoms with van der Waals surface area (Å²) in [4.78, 5) is 28.5. The van der Waals surface area contributed by atoms with Crippen molar-refractivity contribution >= 4 is 23.5 Å². The third-order valence-electron chi connectivity index (χ3n) is 3.13. The van der Waals surface area contributed by atoms with Crippen molar-refractivity contribution in [3.8, 4) is 0 Å².